The fraction of sp³-hybridized carbons (Fsp3) is 0.400. The molecule has 3 aliphatic rings. The summed E-state index contributed by atoms with van der Waals surface area (Å²) < 4.78 is 0. The van der Waals surface area contributed by atoms with Gasteiger partial charge in [0.25, 0.3) is 0 Å². The predicted octanol–water partition coefficient (Wildman–Crippen LogP) is 4.43. The monoisotopic (exact) mass is 447 g/mol. The zero-order valence-electron chi connectivity index (χ0n) is 18.7. The molecule has 166 valence electrons. The smallest absolute Gasteiger partial charge is 0.171 e. The maximum atomic E-state index is 12.7. The van der Waals surface area contributed by atoms with E-state index < -0.39 is 0 Å². The first kappa shape index (κ1) is 21.2. The Morgan fingerprint density at radius 3 is 2.66 bits per heavy atom. The summed E-state index contributed by atoms with van der Waals surface area (Å²) in [4.78, 5) is 27.4. The van der Waals surface area contributed by atoms with Crippen molar-refractivity contribution in [3.63, 3.8) is 0 Å². The van der Waals surface area contributed by atoms with Crippen LogP contribution in [0.4, 0.5) is 11.5 Å². The lowest BCUT2D eigenvalue weighted by molar-refractivity contribution is -0.117. The van der Waals surface area contributed by atoms with Gasteiger partial charge >= 0.3 is 0 Å². The van der Waals surface area contributed by atoms with Gasteiger partial charge in [-0.2, -0.15) is 0 Å². The third-order valence-electron chi connectivity index (χ3n) is 6.23. The van der Waals surface area contributed by atoms with Gasteiger partial charge in [-0.1, -0.05) is 68.1 Å². The Kier molecular flexibility index (Phi) is 5.78. The number of hydrogen-bond acceptors (Lipinski definition) is 7. The van der Waals surface area contributed by atoms with Crippen molar-refractivity contribution < 1.29 is 4.79 Å². The lowest BCUT2D eigenvalue weighted by Gasteiger charge is -2.38. The van der Waals surface area contributed by atoms with Crippen LogP contribution in [0.1, 0.15) is 32.3 Å². The number of aromatic nitrogens is 2. The molecule has 0 bridgehead atoms. The minimum absolute atomic E-state index is 0.0182. The first-order chi connectivity index (χ1) is 15.5. The molecule has 1 saturated heterocycles. The minimum Gasteiger partial charge on any atom is -0.353 e. The average Bonchev–Trinajstić information content (AvgIpc) is 2.78. The minimum atomic E-state index is -0.0182. The zero-order valence-corrected chi connectivity index (χ0v) is 19.5. The topological polar surface area (TPSA) is 61.4 Å². The summed E-state index contributed by atoms with van der Waals surface area (Å²) in [5.74, 6) is 1.17. The molecule has 2 aromatic rings. The number of nitrogens with zero attached hydrogens (tertiary/aromatic N) is 4. The standard InChI is InChI=1S/C25H29N5OS/c1-25(2)15-19-22(20(31)16-25)32-24-21(28-19)23(26-17-27-24)30-13-11-29(12-14-30)10-6-9-18-7-4-3-5-8-18/h3-9,17,28H,10-16H2,1-2H3/b9-6-. The summed E-state index contributed by atoms with van der Waals surface area (Å²) in [6.45, 7) is 9.09. The molecule has 0 atom stereocenters. The van der Waals surface area contributed by atoms with Crippen LogP contribution >= 0.6 is 11.8 Å². The number of thioether (sulfide) groups is 1. The molecule has 7 heteroatoms. The van der Waals surface area contributed by atoms with Crippen molar-refractivity contribution in [2.45, 2.75) is 31.7 Å². The van der Waals surface area contributed by atoms with Crippen LogP contribution in [-0.4, -0.2) is 53.4 Å². The van der Waals surface area contributed by atoms with Gasteiger partial charge in [0, 0.05) is 44.8 Å². The summed E-state index contributed by atoms with van der Waals surface area (Å²) in [6.07, 6.45) is 7.52. The third-order valence-corrected chi connectivity index (χ3v) is 7.42. The van der Waals surface area contributed by atoms with Crippen LogP contribution in [0.2, 0.25) is 0 Å². The second-order valence-electron chi connectivity index (χ2n) is 9.45. The van der Waals surface area contributed by atoms with Gasteiger partial charge in [-0.3, -0.25) is 9.69 Å². The van der Waals surface area contributed by atoms with E-state index in [2.05, 4.69) is 75.3 Å². The van der Waals surface area contributed by atoms with Gasteiger partial charge in [0.2, 0.25) is 0 Å². The number of ketones is 1. The van der Waals surface area contributed by atoms with E-state index in [1.165, 1.54) is 17.3 Å². The number of anilines is 2. The number of allylic oxidation sites excluding steroid dienone is 2. The molecule has 0 spiro atoms. The fourth-order valence-corrected chi connectivity index (χ4v) is 5.57. The molecule has 6 nitrogen and oxygen atoms in total. The molecule has 0 unspecified atom stereocenters. The van der Waals surface area contributed by atoms with Gasteiger partial charge in [-0.25, -0.2) is 9.97 Å². The maximum absolute atomic E-state index is 12.7. The highest BCUT2D eigenvalue weighted by Crippen LogP contribution is 2.49. The predicted molar refractivity (Wildman–Crippen MR) is 131 cm³/mol. The van der Waals surface area contributed by atoms with Crippen LogP contribution in [0.25, 0.3) is 6.08 Å². The van der Waals surface area contributed by atoms with Gasteiger partial charge in [0.15, 0.2) is 11.6 Å². The second-order valence-corrected chi connectivity index (χ2v) is 10.5. The molecular weight excluding hydrogens is 418 g/mol. The molecule has 0 saturated carbocycles. The van der Waals surface area contributed by atoms with Gasteiger partial charge in [-0.05, 0) is 17.4 Å². The highest BCUT2D eigenvalue weighted by Gasteiger charge is 2.37. The summed E-state index contributed by atoms with van der Waals surface area (Å²) in [6, 6.07) is 10.4. The Morgan fingerprint density at radius 1 is 1.09 bits per heavy atom. The van der Waals surface area contributed by atoms with Crippen molar-refractivity contribution in [2.75, 3.05) is 42.9 Å². The van der Waals surface area contributed by atoms with Crippen molar-refractivity contribution in [1.82, 2.24) is 14.9 Å². The number of hydrogen-bond donors (Lipinski definition) is 1. The number of benzene rings is 1. The largest absolute Gasteiger partial charge is 0.353 e. The Balaban J connectivity index is 1.25. The normalized spacial score (nSPS) is 20.8. The van der Waals surface area contributed by atoms with Crippen molar-refractivity contribution >= 4 is 35.1 Å². The van der Waals surface area contributed by atoms with Crippen LogP contribution < -0.4 is 10.2 Å². The van der Waals surface area contributed by atoms with Crippen LogP contribution in [0.15, 0.2) is 58.4 Å². The number of Topliss-reactive ketones (excluding diaryl/α,β-unsaturated/α-hetero) is 1. The first-order valence-electron chi connectivity index (χ1n) is 11.2. The number of rotatable bonds is 4. The molecule has 32 heavy (non-hydrogen) atoms. The number of fused-ring (bicyclic) bond motifs is 1. The molecule has 1 aliphatic carbocycles. The highest BCUT2D eigenvalue weighted by molar-refractivity contribution is 8.04. The molecule has 1 fully saturated rings. The van der Waals surface area contributed by atoms with E-state index in [1.807, 2.05) is 6.07 Å². The van der Waals surface area contributed by atoms with Gasteiger partial charge in [0.1, 0.15) is 17.0 Å². The van der Waals surface area contributed by atoms with Crippen LogP contribution in [0, 0.1) is 5.41 Å². The Hall–Kier alpha value is -2.64. The van der Waals surface area contributed by atoms with E-state index in [9.17, 15) is 4.79 Å². The van der Waals surface area contributed by atoms with E-state index in [-0.39, 0.29) is 11.2 Å². The van der Waals surface area contributed by atoms with Crippen molar-refractivity contribution in [2.24, 2.45) is 5.41 Å². The first-order valence-corrected chi connectivity index (χ1v) is 12.1. The lowest BCUT2D eigenvalue weighted by atomic mass is 9.78. The second kappa shape index (κ2) is 8.71. The van der Waals surface area contributed by atoms with E-state index in [0.29, 0.717) is 6.42 Å². The SMILES string of the molecule is CC1(C)CC(=O)C2=C(C1)Nc1c(ncnc1N1CCN(C/C=C\c3ccccc3)CC1)S2. The molecule has 2 aliphatic heterocycles. The molecule has 5 rings (SSSR count). The maximum Gasteiger partial charge on any atom is 0.171 e. The number of piperazine rings is 1. The summed E-state index contributed by atoms with van der Waals surface area (Å²) in [7, 11) is 0. The van der Waals surface area contributed by atoms with Crippen LogP contribution in [0.3, 0.4) is 0 Å². The highest BCUT2D eigenvalue weighted by atomic mass is 32.2. The summed E-state index contributed by atoms with van der Waals surface area (Å²) in [5, 5.41) is 4.42. The van der Waals surface area contributed by atoms with Crippen molar-refractivity contribution in [1.29, 1.82) is 0 Å². The van der Waals surface area contributed by atoms with Crippen molar-refractivity contribution in [3.8, 4) is 0 Å². The van der Waals surface area contributed by atoms with E-state index in [0.717, 1.165) is 66.3 Å². The van der Waals surface area contributed by atoms with E-state index >= 15 is 0 Å². The van der Waals surface area contributed by atoms with Crippen LogP contribution in [0.5, 0.6) is 0 Å². The van der Waals surface area contributed by atoms with Crippen molar-refractivity contribution in [3.05, 3.63) is 58.9 Å². The number of carbonyl (C=O) groups excluding carboxylic acids is 1. The summed E-state index contributed by atoms with van der Waals surface area (Å²) >= 11 is 1.51. The number of nitrogens with one attached hydrogen (secondary N) is 1. The third kappa shape index (κ3) is 4.45. The molecule has 0 amide bonds. The van der Waals surface area contributed by atoms with Gasteiger partial charge < -0.3 is 10.2 Å². The number of carbonyl (C=O) groups is 1. The molecule has 0 radical (unpaired) electrons. The Morgan fingerprint density at radius 2 is 1.88 bits per heavy atom. The summed E-state index contributed by atoms with van der Waals surface area (Å²) in [5.41, 5.74) is 3.21. The lowest BCUT2D eigenvalue weighted by Crippen LogP contribution is -2.47. The average molecular weight is 448 g/mol. The fourth-order valence-electron chi connectivity index (χ4n) is 4.60. The van der Waals surface area contributed by atoms with Gasteiger partial charge in [-0.15, -0.1) is 0 Å². The molecule has 1 aromatic carbocycles. The van der Waals surface area contributed by atoms with Gasteiger partial charge in [0.05, 0.1) is 4.91 Å². The Bertz CT molecular complexity index is 1070. The van der Waals surface area contributed by atoms with Crippen LogP contribution in [-0.2, 0) is 4.79 Å². The van der Waals surface area contributed by atoms with E-state index in [1.54, 1.807) is 6.33 Å². The van der Waals surface area contributed by atoms with E-state index in [4.69, 9.17) is 0 Å². The molecule has 3 heterocycles. The quantitative estimate of drug-likeness (QED) is 0.696. The Labute approximate surface area is 193 Å². The zero-order chi connectivity index (χ0) is 22.1. The molecule has 1 aromatic heterocycles. The molecule has 1 N–H and O–H groups in total. The molecular formula is C25H29N5OS.